The largest absolute Gasteiger partial charge is 0.371 e. The number of rotatable bonds is 7. The fraction of sp³-hybridized carbons (Fsp3) is 0.333. The number of amides is 1. The topological polar surface area (TPSA) is 88.5 Å². The number of aromatic nitrogens is 1. The van der Waals surface area contributed by atoms with E-state index in [-0.39, 0.29) is 28.8 Å². The lowest BCUT2D eigenvalue weighted by Crippen LogP contribution is -2.46. The van der Waals surface area contributed by atoms with Gasteiger partial charge in [0.15, 0.2) is 9.84 Å². The molecule has 1 N–H and O–H groups in total. The quantitative estimate of drug-likeness (QED) is 0.545. The van der Waals surface area contributed by atoms with Crippen molar-refractivity contribution in [3.05, 3.63) is 93.9 Å². The third-order valence-electron chi connectivity index (χ3n) is 6.47. The van der Waals surface area contributed by atoms with Gasteiger partial charge in [0.05, 0.1) is 17.2 Å². The number of hydrogen-bond donors (Lipinski definition) is 1. The maximum Gasteiger partial charge on any atom is 0.263 e. The van der Waals surface area contributed by atoms with Crippen LogP contribution in [0.5, 0.6) is 0 Å². The third-order valence-corrected chi connectivity index (χ3v) is 8.22. The van der Waals surface area contributed by atoms with Crippen molar-refractivity contribution in [1.82, 2.24) is 9.88 Å². The second-order valence-electron chi connectivity index (χ2n) is 8.98. The Hall–Kier alpha value is -3.39. The zero-order valence-corrected chi connectivity index (χ0v) is 20.9. The van der Waals surface area contributed by atoms with E-state index in [2.05, 4.69) is 10.2 Å². The van der Waals surface area contributed by atoms with Crippen molar-refractivity contribution in [1.29, 1.82) is 0 Å². The molecule has 1 aliphatic rings. The lowest BCUT2D eigenvalue weighted by atomic mass is 10.0. The van der Waals surface area contributed by atoms with Gasteiger partial charge in [-0.3, -0.25) is 9.59 Å². The van der Waals surface area contributed by atoms with Crippen LogP contribution in [0.25, 0.3) is 0 Å². The number of benzene rings is 2. The van der Waals surface area contributed by atoms with E-state index in [0.717, 1.165) is 42.7 Å². The number of anilines is 1. The van der Waals surface area contributed by atoms with Gasteiger partial charge >= 0.3 is 0 Å². The molecule has 3 aromatic rings. The second-order valence-corrected chi connectivity index (χ2v) is 11.3. The monoisotopic (exact) mass is 493 g/mol. The fourth-order valence-electron chi connectivity index (χ4n) is 4.42. The zero-order chi connectivity index (χ0) is 25.0. The van der Waals surface area contributed by atoms with Gasteiger partial charge in [-0.1, -0.05) is 36.8 Å². The van der Waals surface area contributed by atoms with Gasteiger partial charge in [-0.25, -0.2) is 8.42 Å². The van der Waals surface area contributed by atoms with Crippen LogP contribution in [0.15, 0.2) is 76.6 Å². The molecular weight excluding hydrogens is 462 g/mol. The summed E-state index contributed by atoms with van der Waals surface area (Å²) in [5.74, 6) is -0.267. The van der Waals surface area contributed by atoms with Crippen molar-refractivity contribution in [2.45, 2.75) is 44.2 Å². The summed E-state index contributed by atoms with van der Waals surface area (Å²) in [4.78, 5) is 28.4. The molecule has 4 rings (SSSR count). The van der Waals surface area contributed by atoms with Crippen LogP contribution in [0, 0.1) is 6.92 Å². The summed E-state index contributed by atoms with van der Waals surface area (Å²) in [6.07, 6.45) is 3.19. The molecule has 35 heavy (non-hydrogen) atoms. The maximum absolute atomic E-state index is 12.9. The molecule has 184 valence electrons. The smallest absolute Gasteiger partial charge is 0.263 e. The van der Waals surface area contributed by atoms with Gasteiger partial charge in [-0.2, -0.15) is 0 Å². The van der Waals surface area contributed by atoms with E-state index in [1.54, 1.807) is 42.0 Å². The van der Waals surface area contributed by atoms with E-state index >= 15 is 0 Å². The van der Waals surface area contributed by atoms with Gasteiger partial charge in [-0.15, -0.1) is 0 Å². The molecular formula is C27H31N3O4S. The van der Waals surface area contributed by atoms with Gasteiger partial charge in [0.25, 0.3) is 11.5 Å². The Morgan fingerprint density at radius 3 is 2.40 bits per heavy atom. The Labute approximate surface area is 206 Å². The molecule has 0 saturated carbocycles. The third kappa shape index (κ3) is 5.82. The molecule has 8 heteroatoms. The van der Waals surface area contributed by atoms with Crippen molar-refractivity contribution in [2.75, 3.05) is 23.7 Å². The standard InChI is InChI=1S/C27H31N3O4S/c1-3-35(33,34)24-11-9-23(10-12-24)29-16-13-22(14-17-29)28-26(31)25-8-5-15-30(27(25)32)19-21-7-4-6-20(2)18-21/h4-12,15,18,22H,3,13-14,16-17,19H2,1-2H3,(H,28,31). The first kappa shape index (κ1) is 24.7. The summed E-state index contributed by atoms with van der Waals surface area (Å²) < 4.78 is 25.6. The van der Waals surface area contributed by atoms with Crippen molar-refractivity contribution < 1.29 is 13.2 Å². The summed E-state index contributed by atoms with van der Waals surface area (Å²) in [5, 5.41) is 3.03. The number of nitrogens with one attached hydrogen (secondary N) is 1. The Morgan fingerprint density at radius 1 is 1.03 bits per heavy atom. The lowest BCUT2D eigenvalue weighted by molar-refractivity contribution is 0.0929. The van der Waals surface area contributed by atoms with Crippen LogP contribution in [0.3, 0.4) is 0 Å². The SMILES string of the molecule is CCS(=O)(=O)c1ccc(N2CCC(NC(=O)c3cccn(Cc4cccc(C)c4)c3=O)CC2)cc1. The van der Waals surface area contributed by atoms with Crippen molar-refractivity contribution in [2.24, 2.45) is 0 Å². The summed E-state index contributed by atoms with van der Waals surface area (Å²) in [7, 11) is -3.21. The molecule has 7 nitrogen and oxygen atoms in total. The summed E-state index contributed by atoms with van der Waals surface area (Å²) in [6, 6.07) is 18.2. The summed E-state index contributed by atoms with van der Waals surface area (Å²) in [6.45, 7) is 5.53. The van der Waals surface area contributed by atoms with E-state index < -0.39 is 9.84 Å². The highest BCUT2D eigenvalue weighted by atomic mass is 32.2. The average molecular weight is 494 g/mol. The second kappa shape index (κ2) is 10.5. The number of sulfone groups is 1. The molecule has 1 saturated heterocycles. The van der Waals surface area contributed by atoms with Crippen LogP contribution >= 0.6 is 0 Å². The number of pyridine rings is 1. The number of nitrogens with zero attached hydrogens (tertiary/aromatic N) is 2. The number of aryl methyl sites for hydroxylation is 1. The molecule has 1 fully saturated rings. The van der Waals surface area contributed by atoms with E-state index in [9.17, 15) is 18.0 Å². The number of piperidine rings is 1. The normalized spacial score (nSPS) is 14.6. The highest BCUT2D eigenvalue weighted by Crippen LogP contribution is 2.22. The number of carbonyl (C=O) groups excluding carboxylic acids is 1. The minimum Gasteiger partial charge on any atom is -0.371 e. The summed E-state index contributed by atoms with van der Waals surface area (Å²) in [5.41, 5.74) is 2.95. The van der Waals surface area contributed by atoms with Crippen LogP contribution < -0.4 is 15.8 Å². The predicted molar refractivity (Wildman–Crippen MR) is 138 cm³/mol. The molecule has 0 bridgehead atoms. The highest BCUT2D eigenvalue weighted by molar-refractivity contribution is 7.91. The Kier molecular flexibility index (Phi) is 7.40. The van der Waals surface area contributed by atoms with Crippen molar-refractivity contribution in [3.8, 4) is 0 Å². The minimum atomic E-state index is -3.21. The zero-order valence-electron chi connectivity index (χ0n) is 20.1. The van der Waals surface area contributed by atoms with Crippen LogP contribution in [0.4, 0.5) is 5.69 Å². The Balaban J connectivity index is 1.37. The van der Waals surface area contributed by atoms with Crippen molar-refractivity contribution in [3.63, 3.8) is 0 Å². The van der Waals surface area contributed by atoms with Gasteiger partial charge < -0.3 is 14.8 Å². The first-order chi connectivity index (χ1) is 16.8. The highest BCUT2D eigenvalue weighted by Gasteiger charge is 2.23. The van der Waals surface area contributed by atoms with Gasteiger partial charge in [-0.05, 0) is 61.7 Å². The molecule has 0 spiro atoms. The first-order valence-corrected chi connectivity index (χ1v) is 13.6. The Morgan fingerprint density at radius 2 is 1.74 bits per heavy atom. The Bertz CT molecular complexity index is 1360. The molecule has 0 aliphatic carbocycles. The molecule has 1 aliphatic heterocycles. The van der Waals surface area contributed by atoms with Gasteiger partial charge in [0, 0.05) is 31.0 Å². The number of hydrogen-bond acceptors (Lipinski definition) is 5. The first-order valence-electron chi connectivity index (χ1n) is 11.9. The molecule has 1 amide bonds. The van der Waals surface area contributed by atoms with E-state index in [4.69, 9.17) is 0 Å². The molecule has 2 aromatic carbocycles. The minimum absolute atomic E-state index is 0.0247. The molecule has 0 atom stereocenters. The number of carbonyl (C=O) groups is 1. The van der Waals surface area contributed by atoms with Crippen LogP contribution in [-0.4, -0.2) is 43.8 Å². The average Bonchev–Trinajstić information content (AvgIpc) is 2.86. The van der Waals surface area contributed by atoms with Crippen LogP contribution in [0.1, 0.15) is 41.3 Å². The molecule has 2 heterocycles. The van der Waals surface area contributed by atoms with Crippen LogP contribution in [-0.2, 0) is 16.4 Å². The lowest BCUT2D eigenvalue weighted by Gasteiger charge is -2.34. The molecule has 0 radical (unpaired) electrons. The molecule has 0 unspecified atom stereocenters. The fourth-order valence-corrected chi connectivity index (χ4v) is 5.30. The van der Waals surface area contributed by atoms with E-state index in [0.29, 0.717) is 11.4 Å². The summed E-state index contributed by atoms with van der Waals surface area (Å²) >= 11 is 0. The van der Waals surface area contributed by atoms with E-state index in [1.165, 1.54) is 0 Å². The van der Waals surface area contributed by atoms with Gasteiger partial charge in [0.2, 0.25) is 0 Å². The van der Waals surface area contributed by atoms with Gasteiger partial charge in [0.1, 0.15) is 5.56 Å². The van der Waals surface area contributed by atoms with E-state index in [1.807, 2.05) is 43.3 Å². The maximum atomic E-state index is 12.9. The van der Waals surface area contributed by atoms with Crippen molar-refractivity contribution >= 4 is 21.4 Å². The van der Waals surface area contributed by atoms with Crippen LogP contribution in [0.2, 0.25) is 0 Å². The predicted octanol–water partition coefficient (Wildman–Crippen LogP) is 3.40. The molecule has 1 aromatic heterocycles.